The predicted molar refractivity (Wildman–Crippen MR) is 63.6 cm³/mol. The van der Waals surface area contributed by atoms with Crippen molar-refractivity contribution < 1.29 is 4.92 Å². The number of anilines is 1. The van der Waals surface area contributed by atoms with Gasteiger partial charge in [-0.1, -0.05) is 20.8 Å². The Balaban J connectivity index is 2.80. The van der Waals surface area contributed by atoms with Crippen molar-refractivity contribution in [2.45, 2.75) is 27.7 Å². The Hall–Kier alpha value is -1.65. The molecule has 0 aliphatic rings. The molecule has 5 nitrogen and oxygen atoms in total. The molecule has 0 saturated carbocycles. The van der Waals surface area contributed by atoms with Crippen LogP contribution in [0.15, 0.2) is 12.3 Å². The van der Waals surface area contributed by atoms with Crippen molar-refractivity contribution in [2.75, 3.05) is 11.9 Å². The van der Waals surface area contributed by atoms with Crippen molar-refractivity contribution >= 4 is 11.5 Å². The number of nitrogens with zero attached hydrogens (tertiary/aromatic N) is 2. The Kier molecular flexibility index (Phi) is 3.47. The maximum atomic E-state index is 10.5. The van der Waals surface area contributed by atoms with Gasteiger partial charge in [0.15, 0.2) is 0 Å². The van der Waals surface area contributed by atoms with E-state index in [1.54, 1.807) is 0 Å². The molecule has 1 aromatic rings. The van der Waals surface area contributed by atoms with Gasteiger partial charge in [-0.2, -0.15) is 0 Å². The standard InChI is InChI=1S/C11H17N3O2/c1-8-5-9(14(15)16)6-12-10(8)13-7-11(2,3)4/h5-6H,7H2,1-4H3,(H,12,13). The minimum absolute atomic E-state index is 0.0267. The summed E-state index contributed by atoms with van der Waals surface area (Å²) >= 11 is 0. The van der Waals surface area contributed by atoms with Crippen molar-refractivity contribution in [3.8, 4) is 0 Å². The van der Waals surface area contributed by atoms with Crippen LogP contribution in [0.1, 0.15) is 26.3 Å². The highest BCUT2D eigenvalue weighted by molar-refractivity contribution is 5.48. The van der Waals surface area contributed by atoms with Crippen LogP contribution in [0, 0.1) is 22.5 Å². The minimum Gasteiger partial charge on any atom is -0.369 e. The van der Waals surface area contributed by atoms with Crippen LogP contribution < -0.4 is 5.32 Å². The van der Waals surface area contributed by atoms with Crippen molar-refractivity contribution in [3.05, 3.63) is 27.9 Å². The number of nitro groups is 1. The average Bonchev–Trinajstić information content (AvgIpc) is 2.14. The summed E-state index contributed by atoms with van der Waals surface area (Å²) in [6.07, 6.45) is 1.28. The van der Waals surface area contributed by atoms with E-state index < -0.39 is 4.92 Å². The van der Waals surface area contributed by atoms with Gasteiger partial charge in [0.25, 0.3) is 5.69 Å². The summed E-state index contributed by atoms with van der Waals surface area (Å²) in [5.41, 5.74) is 0.966. The Bertz CT molecular complexity index is 397. The summed E-state index contributed by atoms with van der Waals surface area (Å²) in [5.74, 6) is 0.709. The fourth-order valence-electron chi connectivity index (χ4n) is 1.19. The van der Waals surface area contributed by atoms with E-state index >= 15 is 0 Å². The first-order chi connectivity index (χ1) is 7.29. The molecule has 0 unspecified atom stereocenters. The minimum atomic E-state index is -0.437. The average molecular weight is 223 g/mol. The first-order valence-corrected chi connectivity index (χ1v) is 5.14. The molecule has 1 heterocycles. The number of aromatic nitrogens is 1. The van der Waals surface area contributed by atoms with Gasteiger partial charge in [0.1, 0.15) is 12.0 Å². The summed E-state index contributed by atoms with van der Waals surface area (Å²) in [6.45, 7) is 8.92. The predicted octanol–water partition coefficient (Wildman–Crippen LogP) is 2.76. The molecule has 0 fully saturated rings. The zero-order valence-electron chi connectivity index (χ0n) is 10.1. The number of hydrogen-bond acceptors (Lipinski definition) is 4. The topological polar surface area (TPSA) is 68.1 Å². The fourth-order valence-corrected chi connectivity index (χ4v) is 1.19. The third kappa shape index (κ3) is 3.49. The first kappa shape index (κ1) is 12.4. The van der Waals surface area contributed by atoms with E-state index in [1.165, 1.54) is 12.3 Å². The summed E-state index contributed by atoms with van der Waals surface area (Å²) < 4.78 is 0. The Morgan fingerprint density at radius 1 is 1.50 bits per heavy atom. The van der Waals surface area contributed by atoms with Gasteiger partial charge < -0.3 is 5.32 Å². The molecule has 0 aliphatic heterocycles. The van der Waals surface area contributed by atoms with Crippen LogP contribution in [-0.2, 0) is 0 Å². The second-order valence-electron chi connectivity index (χ2n) is 5.03. The molecule has 1 N–H and O–H groups in total. The molecule has 1 rings (SSSR count). The third-order valence-electron chi connectivity index (χ3n) is 2.06. The van der Waals surface area contributed by atoms with Crippen molar-refractivity contribution in [2.24, 2.45) is 5.41 Å². The lowest BCUT2D eigenvalue weighted by Gasteiger charge is -2.19. The van der Waals surface area contributed by atoms with Crippen LogP contribution in [0.2, 0.25) is 0 Å². The molecule has 0 saturated heterocycles. The summed E-state index contributed by atoms with van der Waals surface area (Å²) in [5, 5.41) is 13.7. The molecule has 16 heavy (non-hydrogen) atoms. The van der Waals surface area contributed by atoms with Crippen LogP contribution in [0.25, 0.3) is 0 Å². The fraction of sp³-hybridized carbons (Fsp3) is 0.545. The molecule has 0 radical (unpaired) electrons. The highest BCUT2D eigenvalue weighted by atomic mass is 16.6. The van der Waals surface area contributed by atoms with Gasteiger partial charge in [0.2, 0.25) is 0 Å². The van der Waals surface area contributed by atoms with E-state index in [4.69, 9.17) is 0 Å². The van der Waals surface area contributed by atoms with Crippen LogP contribution >= 0.6 is 0 Å². The van der Waals surface area contributed by atoms with Gasteiger partial charge in [-0.15, -0.1) is 0 Å². The van der Waals surface area contributed by atoms with E-state index in [0.717, 1.165) is 12.1 Å². The largest absolute Gasteiger partial charge is 0.369 e. The maximum absolute atomic E-state index is 10.5. The van der Waals surface area contributed by atoms with E-state index in [1.807, 2.05) is 6.92 Å². The second kappa shape index (κ2) is 4.47. The zero-order chi connectivity index (χ0) is 12.3. The molecule has 0 spiro atoms. The molecule has 0 aliphatic carbocycles. The summed E-state index contributed by atoms with van der Waals surface area (Å²) in [6, 6.07) is 1.53. The normalized spacial score (nSPS) is 11.2. The number of aryl methyl sites for hydroxylation is 1. The van der Waals surface area contributed by atoms with Crippen molar-refractivity contribution in [3.63, 3.8) is 0 Å². The van der Waals surface area contributed by atoms with Crippen LogP contribution in [0.4, 0.5) is 11.5 Å². The van der Waals surface area contributed by atoms with Gasteiger partial charge in [-0.05, 0) is 17.9 Å². The van der Waals surface area contributed by atoms with Crippen LogP contribution in [-0.4, -0.2) is 16.5 Å². The van der Waals surface area contributed by atoms with E-state index in [-0.39, 0.29) is 11.1 Å². The van der Waals surface area contributed by atoms with Gasteiger partial charge in [0, 0.05) is 12.6 Å². The Morgan fingerprint density at radius 3 is 2.56 bits per heavy atom. The number of hydrogen-bond donors (Lipinski definition) is 1. The third-order valence-corrected chi connectivity index (χ3v) is 2.06. The number of nitrogens with one attached hydrogen (secondary N) is 1. The molecule has 0 aromatic carbocycles. The van der Waals surface area contributed by atoms with Gasteiger partial charge in [0.05, 0.1) is 4.92 Å². The monoisotopic (exact) mass is 223 g/mol. The number of pyridine rings is 1. The van der Waals surface area contributed by atoms with Crippen molar-refractivity contribution in [1.82, 2.24) is 4.98 Å². The molecule has 0 atom stereocenters. The molecule has 1 aromatic heterocycles. The lowest BCUT2D eigenvalue weighted by molar-refractivity contribution is -0.385. The Morgan fingerprint density at radius 2 is 2.12 bits per heavy atom. The maximum Gasteiger partial charge on any atom is 0.287 e. The van der Waals surface area contributed by atoms with E-state index in [2.05, 4.69) is 31.1 Å². The molecule has 0 bridgehead atoms. The highest BCUT2D eigenvalue weighted by Crippen LogP contribution is 2.20. The van der Waals surface area contributed by atoms with Crippen LogP contribution in [0.5, 0.6) is 0 Å². The SMILES string of the molecule is Cc1cc([N+](=O)[O-])cnc1NCC(C)(C)C. The zero-order valence-corrected chi connectivity index (χ0v) is 10.1. The second-order valence-corrected chi connectivity index (χ2v) is 5.03. The van der Waals surface area contributed by atoms with Gasteiger partial charge >= 0.3 is 0 Å². The molecular formula is C11H17N3O2. The Labute approximate surface area is 95.0 Å². The highest BCUT2D eigenvalue weighted by Gasteiger charge is 2.13. The molecular weight excluding hydrogens is 206 g/mol. The smallest absolute Gasteiger partial charge is 0.287 e. The summed E-state index contributed by atoms with van der Waals surface area (Å²) in [7, 11) is 0. The van der Waals surface area contributed by atoms with E-state index in [9.17, 15) is 10.1 Å². The summed E-state index contributed by atoms with van der Waals surface area (Å²) in [4.78, 5) is 14.1. The van der Waals surface area contributed by atoms with Crippen molar-refractivity contribution in [1.29, 1.82) is 0 Å². The number of rotatable bonds is 3. The quantitative estimate of drug-likeness (QED) is 0.632. The first-order valence-electron chi connectivity index (χ1n) is 5.14. The van der Waals surface area contributed by atoms with Crippen LogP contribution in [0.3, 0.4) is 0 Å². The lowest BCUT2D eigenvalue weighted by Crippen LogP contribution is -2.20. The lowest BCUT2D eigenvalue weighted by atomic mass is 9.97. The van der Waals surface area contributed by atoms with Gasteiger partial charge in [-0.25, -0.2) is 4.98 Å². The van der Waals surface area contributed by atoms with Gasteiger partial charge in [-0.3, -0.25) is 10.1 Å². The molecule has 5 heteroatoms. The van der Waals surface area contributed by atoms with E-state index in [0.29, 0.717) is 5.82 Å². The molecule has 0 amide bonds. The molecule has 88 valence electrons.